The lowest BCUT2D eigenvalue weighted by molar-refractivity contribution is 0.531. The summed E-state index contributed by atoms with van der Waals surface area (Å²) in [6.07, 6.45) is 1.92. The Morgan fingerprint density at radius 2 is 2.00 bits per heavy atom. The second-order valence-corrected chi connectivity index (χ2v) is 3.01. The summed E-state index contributed by atoms with van der Waals surface area (Å²) in [6.45, 7) is 3.96. The maximum Gasteiger partial charge on any atom is 0.185 e. The Bertz CT molecular complexity index is 122. The molecule has 0 aliphatic carbocycles. The molecule has 0 radical (unpaired) electrons. The van der Waals surface area contributed by atoms with Crippen molar-refractivity contribution in [3.63, 3.8) is 0 Å². The first-order valence-electron chi connectivity index (χ1n) is 3.88. The molecule has 0 aliphatic heterocycles. The molecule has 11 heavy (non-hydrogen) atoms. The van der Waals surface area contributed by atoms with Crippen LogP contribution in [0.1, 0.15) is 26.7 Å². The van der Waals surface area contributed by atoms with Crippen molar-refractivity contribution in [2.75, 3.05) is 0 Å². The van der Waals surface area contributed by atoms with E-state index in [9.17, 15) is 0 Å². The average molecular weight is 158 g/mol. The molecule has 0 aromatic carbocycles. The van der Waals surface area contributed by atoms with Crippen LogP contribution in [-0.4, -0.2) is 18.0 Å². The first kappa shape index (κ1) is 10.2. The number of rotatable bonds is 4. The predicted molar refractivity (Wildman–Crippen MR) is 47.4 cm³/mol. The van der Waals surface area contributed by atoms with E-state index < -0.39 is 0 Å². The van der Waals surface area contributed by atoms with Crippen molar-refractivity contribution < 1.29 is 0 Å². The second kappa shape index (κ2) is 4.96. The topological polar surface area (TPSA) is 87.9 Å². The Hall–Kier alpha value is -0.770. The molecule has 0 heterocycles. The number of nitrogens with two attached hydrogens (primary N) is 2. The van der Waals surface area contributed by atoms with E-state index in [4.69, 9.17) is 16.9 Å². The monoisotopic (exact) mass is 158 g/mol. The lowest BCUT2D eigenvalue weighted by Crippen LogP contribution is -2.38. The summed E-state index contributed by atoms with van der Waals surface area (Å²) < 4.78 is 0. The summed E-state index contributed by atoms with van der Waals surface area (Å²) in [4.78, 5) is 0. The molecule has 2 atom stereocenters. The Kier molecular flexibility index (Phi) is 4.61. The van der Waals surface area contributed by atoms with Crippen LogP contribution in [0, 0.1) is 5.41 Å². The minimum absolute atomic E-state index is 0.0298. The number of nitrogens with one attached hydrogen (secondary N) is 2. The molecule has 0 aromatic heterocycles. The molecule has 4 nitrogen and oxygen atoms in total. The Balaban J connectivity index is 3.37. The molecule has 0 amide bonds. The molecule has 0 aliphatic rings. The van der Waals surface area contributed by atoms with Crippen molar-refractivity contribution >= 4 is 5.96 Å². The highest BCUT2D eigenvalue weighted by Crippen LogP contribution is 1.97. The van der Waals surface area contributed by atoms with Gasteiger partial charge in [-0.2, -0.15) is 0 Å². The van der Waals surface area contributed by atoms with Crippen LogP contribution in [0.3, 0.4) is 0 Å². The lowest BCUT2D eigenvalue weighted by atomic mass is 10.1. The minimum Gasteiger partial charge on any atom is -0.370 e. The highest BCUT2D eigenvalue weighted by Gasteiger charge is 2.02. The van der Waals surface area contributed by atoms with Crippen LogP contribution in [0.25, 0.3) is 0 Å². The van der Waals surface area contributed by atoms with Gasteiger partial charge in [0.25, 0.3) is 0 Å². The van der Waals surface area contributed by atoms with Gasteiger partial charge in [0.2, 0.25) is 0 Å². The van der Waals surface area contributed by atoms with Crippen molar-refractivity contribution in [3.8, 4) is 0 Å². The molecule has 0 fully saturated rings. The Morgan fingerprint density at radius 3 is 2.36 bits per heavy atom. The van der Waals surface area contributed by atoms with Crippen molar-refractivity contribution in [2.24, 2.45) is 11.5 Å². The molecule has 6 N–H and O–H groups in total. The van der Waals surface area contributed by atoms with Crippen molar-refractivity contribution in [1.82, 2.24) is 5.32 Å². The number of hydrogen-bond donors (Lipinski definition) is 4. The fourth-order valence-electron chi connectivity index (χ4n) is 0.851. The van der Waals surface area contributed by atoms with Gasteiger partial charge in [-0.25, -0.2) is 0 Å². The fraction of sp³-hybridized carbons (Fsp3) is 0.857. The van der Waals surface area contributed by atoms with Gasteiger partial charge in [0.05, 0.1) is 0 Å². The molecule has 0 saturated heterocycles. The third-order valence-electron chi connectivity index (χ3n) is 1.46. The van der Waals surface area contributed by atoms with E-state index in [1.807, 2.05) is 13.8 Å². The molecule has 66 valence electrons. The van der Waals surface area contributed by atoms with Gasteiger partial charge in [0.1, 0.15) is 0 Å². The van der Waals surface area contributed by atoms with Gasteiger partial charge in [-0.05, 0) is 26.7 Å². The molecule has 4 heteroatoms. The molecule has 0 rings (SSSR count). The van der Waals surface area contributed by atoms with E-state index in [-0.39, 0.29) is 18.0 Å². The summed E-state index contributed by atoms with van der Waals surface area (Å²) in [6, 6.07) is 0.477. The minimum atomic E-state index is 0.0298. The van der Waals surface area contributed by atoms with Crippen molar-refractivity contribution in [3.05, 3.63) is 0 Å². The van der Waals surface area contributed by atoms with Gasteiger partial charge < -0.3 is 16.8 Å². The van der Waals surface area contributed by atoms with Gasteiger partial charge in [-0.3, -0.25) is 5.41 Å². The first-order valence-corrected chi connectivity index (χ1v) is 3.88. The Labute approximate surface area is 67.8 Å². The van der Waals surface area contributed by atoms with Gasteiger partial charge in [-0.1, -0.05) is 0 Å². The maximum absolute atomic E-state index is 6.95. The van der Waals surface area contributed by atoms with E-state index in [2.05, 4.69) is 5.32 Å². The summed E-state index contributed by atoms with van der Waals surface area (Å²) >= 11 is 0. The van der Waals surface area contributed by atoms with Crippen molar-refractivity contribution in [1.29, 1.82) is 5.41 Å². The third-order valence-corrected chi connectivity index (χ3v) is 1.46. The van der Waals surface area contributed by atoms with Crippen LogP contribution < -0.4 is 16.8 Å². The third kappa shape index (κ3) is 7.12. The zero-order valence-electron chi connectivity index (χ0n) is 7.22. The summed E-state index contributed by atoms with van der Waals surface area (Å²) in [5, 5.41) is 9.75. The average Bonchev–Trinajstić information content (AvgIpc) is 1.82. The zero-order valence-corrected chi connectivity index (χ0v) is 7.22. The molecule has 0 saturated carbocycles. The van der Waals surface area contributed by atoms with E-state index in [0.717, 1.165) is 12.8 Å². The van der Waals surface area contributed by atoms with Crippen LogP contribution in [0.4, 0.5) is 0 Å². The van der Waals surface area contributed by atoms with Gasteiger partial charge in [0.15, 0.2) is 5.96 Å². The first-order chi connectivity index (χ1) is 5.02. The SMILES string of the molecule is CC(N)CCC(C)NC(=N)N. The van der Waals surface area contributed by atoms with Crippen LogP contribution in [0.5, 0.6) is 0 Å². The van der Waals surface area contributed by atoms with E-state index >= 15 is 0 Å². The fourth-order valence-corrected chi connectivity index (χ4v) is 0.851. The number of guanidine groups is 1. The number of hydrogen-bond acceptors (Lipinski definition) is 2. The molecule has 0 bridgehead atoms. The largest absolute Gasteiger partial charge is 0.370 e. The molecule has 0 spiro atoms. The Morgan fingerprint density at radius 1 is 1.45 bits per heavy atom. The van der Waals surface area contributed by atoms with E-state index in [1.54, 1.807) is 0 Å². The van der Waals surface area contributed by atoms with E-state index in [1.165, 1.54) is 0 Å². The summed E-state index contributed by atoms with van der Waals surface area (Å²) in [5.41, 5.74) is 10.7. The summed E-state index contributed by atoms with van der Waals surface area (Å²) in [7, 11) is 0. The standard InChI is InChI=1S/C7H18N4/c1-5(8)3-4-6(2)11-7(9)10/h5-6H,3-4,8H2,1-2H3,(H4,9,10,11). The second-order valence-electron chi connectivity index (χ2n) is 3.01. The predicted octanol–water partition coefficient (Wildman–Crippen LogP) is -0.0146. The quantitative estimate of drug-likeness (QED) is 0.342. The van der Waals surface area contributed by atoms with E-state index in [0.29, 0.717) is 0 Å². The molecular weight excluding hydrogens is 140 g/mol. The van der Waals surface area contributed by atoms with Gasteiger partial charge in [0, 0.05) is 12.1 Å². The van der Waals surface area contributed by atoms with Crippen LogP contribution >= 0.6 is 0 Å². The smallest absolute Gasteiger partial charge is 0.185 e. The molecule has 0 aromatic rings. The van der Waals surface area contributed by atoms with Gasteiger partial charge >= 0.3 is 0 Å². The van der Waals surface area contributed by atoms with Crippen LogP contribution in [-0.2, 0) is 0 Å². The zero-order chi connectivity index (χ0) is 8.85. The highest BCUT2D eigenvalue weighted by atomic mass is 15.1. The van der Waals surface area contributed by atoms with Crippen molar-refractivity contribution in [2.45, 2.75) is 38.8 Å². The molecule has 2 unspecified atom stereocenters. The maximum atomic E-state index is 6.95. The normalized spacial score (nSPS) is 15.5. The highest BCUT2D eigenvalue weighted by molar-refractivity contribution is 5.74. The van der Waals surface area contributed by atoms with Crippen LogP contribution in [0.2, 0.25) is 0 Å². The van der Waals surface area contributed by atoms with Gasteiger partial charge in [-0.15, -0.1) is 0 Å². The van der Waals surface area contributed by atoms with Crippen LogP contribution in [0.15, 0.2) is 0 Å². The summed E-state index contributed by atoms with van der Waals surface area (Å²) in [5.74, 6) is 0.0298. The lowest BCUT2D eigenvalue weighted by Gasteiger charge is -2.14. The molecular formula is C7H18N4.